The fourth-order valence-electron chi connectivity index (χ4n) is 4.82. The van der Waals surface area contributed by atoms with Gasteiger partial charge in [0.15, 0.2) is 21.7 Å². The number of alkyl halides is 3. The van der Waals surface area contributed by atoms with Gasteiger partial charge in [-0.2, -0.15) is 13.2 Å². The molecule has 0 aliphatic carbocycles. The number of rotatable bonds is 5. The lowest BCUT2D eigenvalue weighted by atomic mass is 9.83. The van der Waals surface area contributed by atoms with Crippen LogP contribution >= 0.6 is 27.5 Å². The normalized spacial score (nSPS) is 24.7. The third kappa shape index (κ3) is 4.36. The van der Waals surface area contributed by atoms with Gasteiger partial charge < -0.3 is 14.9 Å². The largest absolute Gasteiger partial charge is 0.401 e. The van der Waals surface area contributed by atoms with Gasteiger partial charge >= 0.3 is 6.18 Å². The highest BCUT2D eigenvalue weighted by Gasteiger charge is 2.55. The Morgan fingerprint density at radius 2 is 1.97 bits per heavy atom. The molecule has 7 nitrogen and oxygen atoms in total. The van der Waals surface area contributed by atoms with Gasteiger partial charge in [-0.3, -0.25) is 4.79 Å². The number of nitrogens with zero attached hydrogens (tertiary/aromatic N) is 1. The zero-order chi connectivity index (χ0) is 26.0. The summed E-state index contributed by atoms with van der Waals surface area (Å²) in [5, 5.41) is 6.94. The Kier molecular flexibility index (Phi) is 6.27. The maximum absolute atomic E-state index is 14.3. The highest BCUT2D eigenvalue weighted by Crippen LogP contribution is 2.50. The molecule has 0 amide bonds. The first-order chi connectivity index (χ1) is 16.8. The van der Waals surface area contributed by atoms with E-state index in [0.29, 0.717) is 28.7 Å². The fourth-order valence-corrected chi connectivity index (χ4v) is 6.10. The van der Waals surface area contributed by atoms with Gasteiger partial charge in [0.25, 0.3) is 0 Å². The van der Waals surface area contributed by atoms with Crippen LogP contribution in [0.2, 0.25) is 5.02 Å². The maximum Gasteiger partial charge on any atom is 0.401 e. The molecule has 1 N–H and O–H groups in total. The number of oxime groups is 1. The van der Waals surface area contributed by atoms with Gasteiger partial charge in [0.1, 0.15) is 29.1 Å². The number of nitrogens with one attached hydrogen (secondary N) is 1. The van der Waals surface area contributed by atoms with Crippen LogP contribution in [0.4, 0.5) is 13.2 Å². The van der Waals surface area contributed by atoms with Crippen LogP contribution in [0.1, 0.15) is 34.5 Å². The van der Waals surface area contributed by atoms with Gasteiger partial charge in [-0.15, -0.1) is 0 Å². The van der Waals surface area contributed by atoms with E-state index in [0.717, 1.165) is 6.26 Å². The second-order valence-corrected chi connectivity index (χ2v) is 12.5. The molecule has 1 fully saturated rings. The average molecular weight is 608 g/mol. The summed E-state index contributed by atoms with van der Waals surface area (Å²) in [5.74, 6) is -3.56. The average Bonchev–Trinajstić information content (AvgIpc) is 3.34. The number of carbonyl (C=O) groups excluding carboxylic acids is 1. The maximum atomic E-state index is 14.3. The monoisotopic (exact) mass is 606 g/mol. The fraction of sp³-hybridized carbons (Fsp3) is 0.391. The minimum atomic E-state index is -4.73. The van der Waals surface area contributed by atoms with Gasteiger partial charge in [0.05, 0.1) is 5.02 Å². The Balaban J connectivity index is 1.56. The van der Waals surface area contributed by atoms with Crippen molar-refractivity contribution in [3.63, 3.8) is 0 Å². The lowest BCUT2D eigenvalue weighted by Gasteiger charge is -2.39. The van der Waals surface area contributed by atoms with E-state index in [1.807, 2.05) is 0 Å². The highest BCUT2D eigenvalue weighted by molar-refractivity contribution is 9.10. The molecule has 1 saturated heterocycles. The smallest absolute Gasteiger partial charge is 0.386 e. The Hall–Kier alpha value is -1.99. The zero-order valence-electron chi connectivity index (χ0n) is 18.6. The number of carbonyl (C=O) groups is 1. The molecule has 3 aliphatic rings. The molecule has 1 spiro atoms. The first-order valence-electron chi connectivity index (χ1n) is 10.8. The minimum absolute atomic E-state index is 0.0846. The summed E-state index contributed by atoms with van der Waals surface area (Å²) in [6, 6.07) is 9.10. The first kappa shape index (κ1) is 25.7. The van der Waals surface area contributed by atoms with E-state index < -0.39 is 51.3 Å². The van der Waals surface area contributed by atoms with Crippen LogP contribution in [0.3, 0.4) is 0 Å². The second-order valence-electron chi connectivity index (χ2n) is 9.10. The van der Waals surface area contributed by atoms with Gasteiger partial charge in [-0.25, -0.2) is 8.42 Å². The van der Waals surface area contributed by atoms with E-state index in [4.69, 9.17) is 21.2 Å². The number of hydrogen-bond donors (Lipinski definition) is 1. The topological polar surface area (TPSA) is 94.1 Å². The summed E-state index contributed by atoms with van der Waals surface area (Å²) in [6.45, 7) is 0.779. The number of fused-ring (bicyclic) bond motifs is 2. The highest BCUT2D eigenvalue weighted by atomic mass is 79.9. The molecule has 3 unspecified atom stereocenters. The molecule has 0 bridgehead atoms. The number of Topliss-reactive ketones (excluding diaryl/α,β-unsaturated/α-hetero) is 1. The van der Waals surface area contributed by atoms with Crippen LogP contribution in [0, 0.1) is 5.92 Å². The van der Waals surface area contributed by atoms with E-state index in [-0.39, 0.29) is 21.9 Å². The SMILES string of the molecule is CS(=O)(=O)CC(=O)C1OC2(CNC2)c2ccc(C3=NOC(c4cccc(Br)c4Cl)C3C(F)(F)F)cc21. The molecular weight excluding hydrogens is 589 g/mol. The lowest BCUT2D eigenvalue weighted by molar-refractivity contribution is -0.177. The Bertz CT molecular complexity index is 1390. The van der Waals surface area contributed by atoms with Crippen molar-refractivity contribution in [3.8, 4) is 0 Å². The van der Waals surface area contributed by atoms with Crippen molar-refractivity contribution in [2.45, 2.75) is 24.0 Å². The number of hydrogen-bond acceptors (Lipinski definition) is 7. The summed E-state index contributed by atoms with van der Waals surface area (Å²) in [4.78, 5) is 18.1. The second kappa shape index (κ2) is 8.80. The molecule has 192 valence electrons. The molecule has 0 aromatic heterocycles. The van der Waals surface area contributed by atoms with Crippen LogP contribution in [-0.4, -0.2) is 51.2 Å². The molecule has 3 heterocycles. The van der Waals surface area contributed by atoms with E-state index in [2.05, 4.69) is 26.4 Å². The molecule has 2 aromatic carbocycles. The predicted molar refractivity (Wildman–Crippen MR) is 129 cm³/mol. The molecule has 3 atom stereocenters. The summed E-state index contributed by atoms with van der Waals surface area (Å²) in [7, 11) is -3.64. The Morgan fingerprint density at radius 1 is 1.25 bits per heavy atom. The van der Waals surface area contributed by atoms with Gasteiger partial charge in [-0.05, 0) is 39.2 Å². The third-order valence-electron chi connectivity index (χ3n) is 6.48. The summed E-state index contributed by atoms with van der Waals surface area (Å²) in [6.07, 6.45) is -6.53. The standard InChI is InChI=1S/C23H19BrClF3N2O5S/c1-36(32,33)8-16(31)20-13-7-11(5-6-14(13)22(34-20)9-29-10-22)19-17(23(26,27)28)21(35-30-19)12-3-2-4-15(24)18(12)25/h2-7,17,20-21,29H,8-10H2,1H3. The van der Waals surface area contributed by atoms with Crippen molar-refractivity contribution < 1.29 is 36.0 Å². The molecule has 13 heteroatoms. The minimum Gasteiger partial charge on any atom is -0.386 e. The van der Waals surface area contributed by atoms with Gasteiger partial charge in [-0.1, -0.05) is 41.0 Å². The Labute approximate surface area is 218 Å². The number of ether oxygens (including phenoxy) is 1. The van der Waals surface area contributed by atoms with Gasteiger partial charge in [0, 0.05) is 34.9 Å². The quantitative estimate of drug-likeness (QED) is 0.547. The van der Waals surface area contributed by atoms with Crippen molar-refractivity contribution in [3.05, 3.63) is 68.1 Å². The van der Waals surface area contributed by atoms with Crippen LogP contribution < -0.4 is 5.32 Å². The van der Waals surface area contributed by atoms with E-state index in [1.54, 1.807) is 18.2 Å². The van der Waals surface area contributed by atoms with Crippen molar-refractivity contribution >= 4 is 48.9 Å². The summed E-state index contributed by atoms with van der Waals surface area (Å²) < 4.78 is 72.9. The Morgan fingerprint density at radius 3 is 2.58 bits per heavy atom. The molecule has 5 rings (SSSR count). The number of benzene rings is 2. The lowest BCUT2D eigenvalue weighted by Crippen LogP contribution is -2.57. The van der Waals surface area contributed by atoms with Crippen molar-refractivity contribution in [1.82, 2.24) is 5.32 Å². The number of ketones is 1. The van der Waals surface area contributed by atoms with Crippen molar-refractivity contribution in [2.75, 3.05) is 25.1 Å². The first-order valence-corrected chi connectivity index (χ1v) is 14.0. The van der Waals surface area contributed by atoms with Crippen LogP contribution in [0.5, 0.6) is 0 Å². The zero-order valence-corrected chi connectivity index (χ0v) is 21.8. The number of sulfone groups is 1. The van der Waals surface area contributed by atoms with Crippen LogP contribution in [-0.2, 0) is 29.8 Å². The van der Waals surface area contributed by atoms with Gasteiger partial charge in [0.2, 0.25) is 0 Å². The molecule has 2 aromatic rings. The van der Waals surface area contributed by atoms with Crippen LogP contribution in [0.15, 0.2) is 46.0 Å². The molecule has 3 aliphatic heterocycles. The van der Waals surface area contributed by atoms with E-state index in [1.165, 1.54) is 18.2 Å². The molecule has 0 saturated carbocycles. The van der Waals surface area contributed by atoms with E-state index in [9.17, 15) is 26.4 Å². The molecule has 0 radical (unpaired) electrons. The molecular formula is C23H19BrClF3N2O5S. The summed E-state index contributed by atoms with van der Waals surface area (Å²) in [5.41, 5.74) is -0.0303. The molecule has 36 heavy (non-hydrogen) atoms. The summed E-state index contributed by atoms with van der Waals surface area (Å²) >= 11 is 9.49. The van der Waals surface area contributed by atoms with Crippen LogP contribution in [0.25, 0.3) is 0 Å². The van der Waals surface area contributed by atoms with Crippen molar-refractivity contribution in [1.29, 1.82) is 0 Å². The predicted octanol–water partition coefficient (Wildman–Crippen LogP) is 4.24. The third-order valence-corrected chi connectivity index (χ3v) is 8.60. The van der Waals surface area contributed by atoms with Crippen molar-refractivity contribution in [2.24, 2.45) is 11.1 Å². The number of halogens is 5. The van der Waals surface area contributed by atoms with E-state index >= 15 is 0 Å².